The van der Waals surface area contributed by atoms with E-state index in [-0.39, 0.29) is 16.3 Å². The van der Waals surface area contributed by atoms with E-state index in [1.807, 2.05) is 25.9 Å². The van der Waals surface area contributed by atoms with Crippen molar-refractivity contribution in [3.63, 3.8) is 0 Å². The van der Waals surface area contributed by atoms with Gasteiger partial charge in [0.05, 0.1) is 23.8 Å². The average Bonchev–Trinajstić information content (AvgIpc) is 3.30. The molecular weight excluding hydrogens is 507 g/mol. The van der Waals surface area contributed by atoms with Crippen molar-refractivity contribution in [2.24, 2.45) is 4.40 Å². The predicted octanol–water partition coefficient (Wildman–Crippen LogP) is 3.17. The van der Waals surface area contributed by atoms with Crippen molar-refractivity contribution in [3.05, 3.63) is 90.4 Å². The van der Waals surface area contributed by atoms with Crippen LogP contribution in [-0.4, -0.2) is 38.3 Å². The predicted molar refractivity (Wildman–Crippen MR) is 130 cm³/mol. The SMILES string of the molecule is Cc1ccc(-c2cc(C(F)(F)F)nn2-c2ccc(S(=O)(=O)/N=C(\[O-])[n+]3ccc(N(C)C)cc3)cc2)cc1. The van der Waals surface area contributed by atoms with E-state index >= 15 is 0 Å². The lowest BCUT2D eigenvalue weighted by molar-refractivity contribution is -0.613. The van der Waals surface area contributed by atoms with Crippen LogP contribution in [0.5, 0.6) is 0 Å². The van der Waals surface area contributed by atoms with E-state index in [4.69, 9.17) is 0 Å². The van der Waals surface area contributed by atoms with Crippen molar-refractivity contribution in [1.29, 1.82) is 0 Å². The van der Waals surface area contributed by atoms with Gasteiger partial charge in [-0.05, 0) is 37.3 Å². The Kier molecular flexibility index (Phi) is 6.78. The summed E-state index contributed by atoms with van der Waals surface area (Å²) in [5, 5.41) is 16.1. The first-order valence-electron chi connectivity index (χ1n) is 10.9. The largest absolute Gasteiger partial charge is 0.806 e. The number of sulfonamides is 1. The van der Waals surface area contributed by atoms with E-state index in [1.54, 1.807) is 36.4 Å². The van der Waals surface area contributed by atoms with Crippen molar-refractivity contribution >= 4 is 21.7 Å². The van der Waals surface area contributed by atoms with Crippen molar-refractivity contribution in [2.45, 2.75) is 18.0 Å². The Morgan fingerprint density at radius 1 is 1.00 bits per heavy atom. The van der Waals surface area contributed by atoms with Crippen LogP contribution < -0.4 is 14.6 Å². The molecule has 2 aromatic carbocycles. The van der Waals surface area contributed by atoms with Crippen LogP contribution in [0.1, 0.15) is 11.3 Å². The highest BCUT2D eigenvalue weighted by Gasteiger charge is 2.35. The average molecular weight is 530 g/mol. The molecule has 192 valence electrons. The van der Waals surface area contributed by atoms with Gasteiger partial charge in [0.15, 0.2) is 5.69 Å². The highest BCUT2D eigenvalue weighted by molar-refractivity contribution is 7.90. The fourth-order valence-electron chi connectivity index (χ4n) is 3.45. The number of aromatic nitrogens is 3. The Labute approximate surface area is 211 Å². The third kappa shape index (κ3) is 5.64. The molecule has 0 aliphatic carbocycles. The summed E-state index contributed by atoms with van der Waals surface area (Å²) in [4.78, 5) is 1.52. The number of hydrogen-bond donors (Lipinski definition) is 0. The number of benzene rings is 2. The maximum absolute atomic E-state index is 13.4. The van der Waals surface area contributed by atoms with Crippen LogP contribution >= 0.6 is 0 Å². The minimum Gasteiger partial charge on any atom is -0.806 e. The molecule has 0 unspecified atom stereocenters. The summed E-state index contributed by atoms with van der Waals surface area (Å²) in [6.07, 6.45) is -1.89. The van der Waals surface area contributed by atoms with Crippen molar-refractivity contribution in [1.82, 2.24) is 9.78 Å². The van der Waals surface area contributed by atoms with Crippen molar-refractivity contribution in [3.8, 4) is 16.9 Å². The molecule has 8 nitrogen and oxygen atoms in total. The lowest BCUT2D eigenvalue weighted by Crippen LogP contribution is -2.50. The number of halogens is 3. The first-order valence-corrected chi connectivity index (χ1v) is 12.3. The van der Waals surface area contributed by atoms with Gasteiger partial charge in [-0.1, -0.05) is 29.8 Å². The van der Waals surface area contributed by atoms with Crippen LogP contribution in [0.2, 0.25) is 0 Å². The molecule has 2 aromatic heterocycles. The first kappa shape index (κ1) is 25.9. The minimum atomic E-state index is -4.67. The van der Waals surface area contributed by atoms with E-state index in [0.29, 0.717) is 5.56 Å². The minimum absolute atomic E-state index is 0.181. The maximum Gasteiger partial charge on any atom is 0.435 e. The number of nitrogens with zero attached hydrogens (tertiary/aromatic N) is 5. The van der Waals surface area contributed by atoms with Crippen molar-refractivity contribution < 1.29 is 31.3 Å². The lowest BCUT2D eigenvalue weighted by atomic mass is 10.1. The summed E-state index contributed by atoms with van der Waals surface area (Å²) in [6, 6.07) is 15.0. The van der Waals surface area contributed by atoms with Crippen LogP contribution in [0.25, 0.3) is 16.9 Å². The standard InChI is InChI=1S/C25H22F3N5O3S/c1-17-4-6-18(7-5-17)22-16-23(25(26,27)28)29-33(22)20-8-10-21(11-9-20)37(35,36)30-24(34)32-14-12-19(13-15-32)31(2)3/h4-16H,1-3H3. The topological polar surface area (TPSA) is 94.5 Å². The van der Waals surface area contributed by atoms with Gasteiger partial charge in [-0.25, -0.2) is 9.25 Å². The van der Waals surface area contributed by atoms with Gasteiger partial charge < -0.3 is 10.0 Å². The van der Waals surface area contributed by atoms with Gasteiger partial charge in [0.25, 0.3) is 6.02 Å². The van der Waals surface area contributed by atoms with Gasteiger partial charge in [0, 0.05) is 41.9 Å². The highest BCUT2D eigenvalue weighted by atomic mass is 32.2. The molecule has 0 fully saturated rings. The number of hydrogen-bond acceptors (Lipinski definition) is 5. The Hall–Kier alpha value is -4.19. The summed E-state index contributed by atoms with van der Waals surface area (Å²) in [7, 11) is -0.751. The Morgan fingerprint density at radius 2 is 1.59 bits per heavy atom. The smallest absolute Gasteiger partial charge is 0.435 e. The van der Waals surface area contributed by atoms with E-state index in [2.05, 4.69) is 9.50 Å². The normalized spacial score (nSPS) is 12.5. The molecule has 37 heavy (non-hydrogen) atoms. The third-order valence-electron chi connectivity index (χ3n) is 5.47. The summed E-state index contributed by atoms with van der Waals surface area (Å²) in [5.74, 6) is 0. The molecule has 0 atom stereocenters. The fraction of sp³-hybridized carbons (Fsp3) is 0.160. The summed E-state index contributed by atoms with van der Waals surface area (Å²) >= 11 is 0. The zero-order chi connectivity index (χ0) is 27.0. The number of alkyl halides is 3. The third-order valence-corrected chi connectivity index (χ3v) is 6.74. The second-order valence-corrected chi connectivity index (χ2v) is 10.00. The Bertz CT molecular complexity index is 1540. The molecule has 0 saturated heterocycles. The number of pyridine rings is 1. The van der Waals surface area contributed by atoms with Gasteiger partial charge in [0.2, 0.25) is 0 Å². The van der Waals surface area contributed by atoms with Gasteiger partial charge in [-0.15, -0.1) is 0 Å². The monoisotopic (exact) mass is 529 g/mol. The molecule has 4 aromatic rings. The zero-order valence-electron chi connectivity index (χ0n) is 20.0. The molecule has 0 N–H and O–H groups in total. The van der Waals surface area contributed by atoms with Gasteiger partial charge in [-0.2, -0.15) is 26.7 Å². The summed E-state index contributed by atoms with van der Waals surface area (Å²) in [6.45, 7) is 1.86. The highest BCUT2D eigenvalue weighted by Crippen LogP contribution is 2.33. The van der Waals surface area contributed by atoms with E-state index < -0.39 is 27.9 Å². The quantitative estimate of drug-likeness (QED) is 0.225. The number of rotatable bonds is 5. The van der Waals surface area contributed by atoms with Crippen LogP contribution in [0.3, 0.4) is 0 Å². The molecule has 0 spiro atoms. The molecule has 2 heterocycles. The Balaban J connectivity index is 1.68. The first-order chi connectivity index (χ1) is 17.3. The Morgan fingerprint density at radius 3 is 2.14 bits per heavy atom. The van der Waals surface area contributed by atoms with E-state index in [1.165, 1.54) is 24.5 Å². The van der Waals surface area contributed by atoms with E-state index in [0.717, 1.165) is 38.7 Å². The number of anilines is 1. The molecule has 4 rings (SSSR count). The molecule has 0 aliphatic heterocycles. The van der Waals surface area contributed by atoms with E-state index in [9.17, 15) is 26.7 Å². The zero-order valence-corrected chi connectivity index (χ0v) is 20.8. The molecular formula is C25H22F3N5O3S. The molecule has 0 bridgehead atoms. The lowest BCUT2D eigenvalue weighted by Gasteiger charge is -2.12. The molecule has 12 heteroatoms. The second kappa shape index (κ2) is 9.69. The van der Waals surface area contributed by atoms with Crippen LogP contribution in [0.15, 0.2) is 88.4 Å². The fourth-order valence-corrected chi connectivity index (χ4v) is 4.34. The van der Waals surface area contributed by atoms with Gasteiger partial charge >= 0.3 is 16.2 Å². The molecule has 0 amide bonds. The maximum atomic E-state index is 13.4. The van der Waals surface area contributed by atoms with Gasteiger partial charge in [-0.3, -0.25) is 0 Å². The van der Waals surface area contributed by atoms with Gasteiger partial charge in [0.1, 0.15) is 4.90 Å². The van der Waals surface area contributed by atoms with Crippen LogP contribution in [0.4, 0.5) is 18.9 Å². The summed E-state index contributed by atoms with van der Waals surface area (Å²) < 4.78 is 71.1. The van der Waals surface area contributed by atoms with Crippen LogP contribution in [-0.2, 0) is 16.2 Å². The second-order valence-electron chi connectivity index (χ2n) is 8.39. The number of aryl methyl sites for hydroxylation is 1. The molecule has 0 radical (unpaired) electrons. The summed E-state index contributed by atoms with van der Waals surface area (Å²) in [5.41, 5.74) is 1.54. The molecule has 0 aliphatic rings. The van der Waals surface area contributed by atoms with Crippen LogP contribution in [0, 0.1) is 6.92 Å². The van der Waals surface area contributed by atoms with Crippen molar-refractivity contribution in [2.75, 3.05) is 19.0 Å². The molecule has 0 saturated carbocycles.